The van der Waals surface area contributed by atoms with Crippen molar-refractivity contribution in [2.24, 2.45) is 5.41 Å². The molecular formula is C10H16Cl2O3. The van der Waals surface area contributed by atoms with Gasteiger partial charge in [-0.05, 0) is 12.3 Å². The standard InChI is InChI=1S/C10H16Cl2O3/c1-8(2,3)9(4)6(13)5-10(14,15-9)7(11)12/h7,14H,5H2,1-4H3/t9-,10+/m0/s1. The highest BCUT2D eigenvalue weighted by molar-refractivity contribution is 6.45. The van der Waals surface area contributed by atoms with Gasteiger partial charge in [0.1, 0.15) is 5.60 Å². The summed E-state index contributed by atoms with van der Waals surface area (Å²) in [6.45, 7) is 7.26. The van der Waals surface area contributed by atoms with Crippen LogP contribution < -0.4 is 0 Å². The third-order valence-corrected chi connectivity index (χ3v) is 3.78. The van der Waals surface area contributed by atoms with Crippen LogP contribution >= 0.6 is 23.2 Å². The van der Waals surface area contributed by atoms with Gasteiger partial charge in [-0.2, -0.15) is 0 Å². The van der Waals surface area contributed by atoms with Crippen molar-refractivity contribution in [2.75, 3.05) is 0 Å². The summed E-state index contributed by atoms with van der Waals surface area (Å²) in [5.74, 6) is -1.94. The van der Waals surface area contributed by atoms with E-state index in [0.29, 0.717) is 0 Å². The van der Waals surface area contributed by atoms with Crippen molar-refractivity contribution in [3.8, 4) is 0 Å². The van der Waals surface area contributed by atoms with Gasteiger partial charge in [-0.15, -0.1) is 0 Å². The molecule has 1 saturated heterocycles. The average Bonchev–Trinajstić information content (AvgIpc) is 2.23. The Balaban J connectivity index is 3.05. The second kappa shape index (κ2) is 3.59. The van der Waals surface area contributed by atoms with E-state index in [0.717, 1.165) is 0 Å². The van der Waals surface area contributed by atoms with Gasteiger partial charge >= 0.3 is 0 Å². The first kappa shape index (κ1) is 13.2. The molecule has 0 aliphatic carbocycles. The summed E-state index contributed by atoms with van der Waals surface area (Å²) in [6.07, 6.45) is -0.168. The van der Waals surface area contributed by atoms with Crippen LogP contribution in [0.3, 0.4) is 0 Å². The van der Waals surface area contributed by atoms with Gasteiger partial charge in [0, 0.05) is 0 Å². The number of alkyl halides is 2. The van der Waals surface area contributed by atoms with Crippen molar-refractivity contribution in [3.63, 3.8) is 0 Å². The fraction of sp³-hybridized carbons (Fsp3) is 0.900. The Hall–Kier alpha value is 0.170. The monoisotopic (exact) mass is 254 g/mol. The third-order valence-electron chi connectivity index (χ3n) is 3.10. The summed E-state index contributed by atoms with van der Waals surface area (Å²) in [4.78, 5) is 10.7. The first-order valence-electron chi connectivity index (χ1n) is 4.77. The van der Waals surface area contributed by atoms with E-state index in [4.69, 9.17) is 27.9 Å². The lowest BCUT2D eigenvalue weighted by Crippen LogP contribution is -2.48. The van der Waals surface area contributed by atoms with Crippen molar-refractivity contribution in [2.45, 2.75) is 50.3 Å². The van der Waals surface area contributed by atoms with Gasteiger partial charge in [-0.1, -0.05) is 44.0 Å². The fourth-order valence-electron chi connectivity index (χ4n) is 1.54. The number of Topliss-reactive ketones (excluding diaryl/α,β-unsaturated/α-hetero) is 1. The van der Waals surface area contributed by atoms with Gasteiger partial charge in [-0.25, -0.2) is 0 Å². The van der Waals surface area contributed by atoms with Crippen LogP contribution in [0.1, 0.15) is 34.1 Å². The maximum absolute atomic E-state index is 11.9. The quantitative estimate of drug-likeness (QED) is 0.731. The molecule has 1 aliphatic heterocycles. The Morgan fingerprint density at radius 1 is 1.47 bits per heavy atom. The van der Waals surface area contributed by atoms with Crippen LogP contribution in [0.25, 0.3) is 0 Å². The minimum absolute atomic E-state index is 0.168. The van der Waals surface area contributed by atoms with Crippen molar-refractivity contribution in [1.29, 1.82) is 0 Å². The van der Waals surface area contributed by atoms with E-state index in [2.05, 4.69) is 0 Å². The average molecular weight is 255 g/mol. The SMILES string of the molecule is CC(C)(C)[C@@]1(C)O[C@@](O)(C(Cl)Cl)CC1=O. The molecule has 0 unspecified atom stereocenters. The molecule has 0 aromatic heterocycles. The molecule has 0 radical (unpaired) electrons. The van der Waals surface area contributed by atoms with Crippen LogP contribution in [0.4, 0.5) is 0 Å². The molecule has 0 bridgehead atoms. The summed E-state index contributed by atoms with van der Waals surface area (Å²) >= 11 is 11.2. The van der Waals surface area contributed by atoms with Gasteiger partial charge < -0.3 is 9.84 Å². The Bertz CT molecular complexity index is 285. The third kappa shape index (κ3) is 2.03. The van der Waals surface area contributed by atoms with E-state index >= 15 is 0 Å². The summed E-state index contributed by atoms with van der Waals surface area (Å²) in [5, 5.41) is 9.93. The van der Waals surface area contributed by atoms with Gasteiger partial charge in [0.15, 0.2) is 10.6 Å². The van der Waals surface area contributed by atoms with E-state index in [1.54, 1.807) is 6.92 Å². The lowest BCUT2D eigenvalue weighted by atomic mass is 9.75. The Morgan fingerprint density at radius 2 is 1.93 bits per heavy atom. The van der Waals surface area contributed by atoms with Gasteiger partial charge in [0.05, 0.1) is 6.42 Å². The van der Waals surface area contributed by atoms with Crippen LogP contribution in [0.15, 0.2) is 0 Å². The maximum Gasteiger partial charge on any atom is 0.204 e. The number of ether oxygens (including phenoxy) is 1. The largest absolute Gasteiger partial charge is 0.363 e. The van der Waals surface area contributed by atoms with Crippen LogP contribution in [0.5, 0.6) is 0 Å². The number of carbonyl (C=O) groups is 1. The fourth-order valence-corrected chi connectivity index (χ4v) is 1.78. The Kier molecular flexibility index (Phi) is 3.17. The Morgan fingerprint density at radius 3 is 2.13 bits per heavy atom. The second-order valence-corrected chi connectivity index (χ2v) is 6.23. The number of rotatable bonds is 1. The molecular weight excluding hydrogens is 239 g/mol. The van der Waals surface area contributed by atoms with Crippen LogP contribution in [-0.4, -0.2) is 27.1 Å². The van der Waals surface area contributed by atoms with Gasteiger partial charge in [-0.3, -0.25) is 4.79 Å². The molecule has 0 amide bonds. The summed E-state index contributed by atoms with van der Waals surface area (Å²) in [6, 6.07) is 0. The molecule has 1 fully saturated rings. The molecule has 1 heterocycles. The summed E-state index contributed by atoms with van der Waals surface area (Å²) < 4.78 is 5.42. The van der Waals surface area contributed by atoms with Crippen molar-refractivity contribution >= 4 is 29.0 Å². The van der Waals surface area contributed by atoms with E-state index < -0.39 is 21.6 Å². The second-order valence-electron chi connectivity index (χ2n) is 5.13. The zero-order chi connectivity index (χ0) is 12.1. The molecule has 1 aliphatic rings. The number of carbonyl (C=O) groups excluding carboxylic acids is 1. The summed E-state index contributed by atoms with van der Waals surface area (Å²) in [7, 11) is 0. The molecule has 5 heteroatoms. The Labute approximate surface area is 99.7 Å². The number of hydrogen-bond acceptors (Lipinski definition) is 3. The number of ketones is 1. The lowest BCUT2D eigenvalue weighted by Gasteiger charge is -2.38. The number of halogens is 2. The molecule has 15 heavy (non-hydrogen) atoms. The number of hydrogen-bond donors (Lipinski definition) is 1. The van der Waals surface area contributed by atoms with E-state index in [1.165, 1.54) is 0 Å². The molecule has 3 nitrogen and oxygen atoms in total. The smallest absolute Gasteiger partial charge is 0.204 e. The van der Waals surface area contributed by atoms with Crippen molar-refractivity contribution < 1.29 is 14.6 Å². The minimum atomic E-state index is -1.76. The van der Waals surface area contributed by atoms with Crippen molar-refractivity contribution in [1.82, 2.24) is 0 Å². The van der Waals surface area contributed by atoms with Gasteiger partial charge in [0.25, 0.3) is 0 Å². The molecule has 1 N–H and O–H groups in total. The van der Waals surface area contributed by atoms with Crippen LogP contribution in [-0.2, 0) is 9.53 Å². The highest BCUT2D eigenvalue weighted by Crippen LogP contribution is 2.47. The van der Waals surface area contributed by atoms with Crippen LogP contribution in [0, 0.1) is 5.41 Å². The topological polar surface area (TPSA) is 46.5 Å². The summed E-state index contributed by atoms with van der Waals surface area (Å²) in [5.41, 5.74) is -1.47. The molecule has 0 saturated carbocycles. The first-order valence-corrected chi connectivity index (χ1v) is 5.64. The van der Waals surface area contributed by atoms with Crippen LogP contribution in [0.2, 0.25) is 0 Å². The molecule has 1 rings (SSSR count). The highest BCUT2D eigenvalue weighted by Gasteiger charge is 2.59. The minimum Gasteiger partial charge on any atom is -0.363 e. The molecule has 0 aromatic rings. The molecule has 0 spiro atoms. The van der Waals surface area contributed by atoms with E-state index in [9.17, 15) is 9.90 Å². The molecule has 88 valence electrons. The van der Waals surface area contributed by atoms with E-state index in [1.807, 2.05) is 20.8 Å². The lowest BCUT2D eigenvalue weighted by molar-refractivity contribution is -0.232. The maximum atomic E-state index is 11.9. The normalized spacial score (nSPS) is 37.7. The first-order chi connectivity index (χ1) is 6.53. The van der Waals surface area contributed by atoms with E-state index in [-0.39, 0.29) is 12.2 Å². The van der Waals surface area contributed by atoms with Crippen molar-refractivity contribution in [3.05, 3.63) is 0 Å². The molecule has 2 atom stereocenters. The highest BCUT2D eigenvalue weighted by atomic mass is 35.5. The zero-order valence-electron chi connectivity index (χ0n) is 9.30. The number of aliphatic hydroxyl groups is 1. The predicted molar refractivity (Wildman–Crippen MR) is 59.0 cm³/mol. The molecule has 0 aromatic carbocycles. The zero-order valence-corrected chi connectivity index (χ0v) is 10.8. The van der Waals surface area contributed by atoms with Gasteiger partial charge in [0.2, 0.25) is 5.79 Å². The predicted octanol–water partition coefficient (Wildman–Crippen LogP) is 2.27.